The minimum absolute atomic E-state index is 0.106. The van der Waals surface area contributed by atoms with Gasteiger partial charge in [0.05, 0.1) is 12.0 Å². The first kappa shape index (κ1) is 16.2. The normalized spacial score (nSPS) is 20.6. The van der Waals surface area contributed by atoms with Crippen LogP contribution in [0.15, 0.2) is 18.3 Å². The van der Waals surface area contributed by atoms with Gasteiger partial charge in [0.15, 0.2) is 0 Å². The maximum absolute atomic E-state index is 12.1. The number of nitrogens with one attached hydrogen (secondary N) is 1. The first-order chi connectivity index (χ1) is 11.1. The molecule has 2 fully saturated rings. The van der Waals surface area contributed by atoms with Gasteiger partial charge in [-0.1, -0.05) is 18.9 Å². The SMILES string of the molecule is O=C(CC1(O)CCCC1)NCc1cccnc1OC1CCCC1. The first-order valence-corrected chi connectivity index (χ1v) is 8.74. The first-order valence-electron chi connectivity index (χ1n) is 8.74. The van der Waals surface area contributed by atoms with Crippen LogP contribution in [0.1, 0.15) is 63.4 Å². The van der Waals surface area contributed by atoms with Gasteiger partial charge in [-0.15, -0.1) is 0 Å². The molecule has 2 aliphatic carbocycles. The molecule has 0 saturated heterocycles. The van der Waals surface area contributed by atoms with E-state index in [9.17, 15) is 9.90 Å². The lowest BCUT2D eigenvalue weighted by Crippen LogP contribution is -2.34. The number of ether oxygens (including phenoxy) is 1. The summed E-state index contributed by atoms with van der Waals surface area (Å²) in [6, 6.07) is 3.79. The average molecular weight is 318 g/mol. The number of carbonyl (C=O) groups excluding carboxylic acids is 1. The molecule has 0 unspecified atom stereocenters. The summed E-state index contributed by atoms with van der Waals surface area (Å²) in [6.45, 7) is 0.394. The summed E-state index contributed by atoms with van der Waals surface area (Å²) in [6.07, 6.45) is 10.2. The Morgan fingerprint density at radius 1 is 1.30 bits per heavy atom. The summed E-state index contributed by atoms with van der Waals surface area (Å²) in [5.41, 5.74) is 0.0912. The van der Waals surface area contributed by atoms with Gasteiger partial charge in [-0.2, -0.15) is 0 Å². The highest BCUT2D eigenvalue weighted by Crippen LogP contribution is 2.32. The van der Waals surface area contributed by atoms with Gasteiger partial charge in [0, 0.05) is 18.3 Å². The van der Waals surface area contributed by atoms with E-state index in [0.29, 0.717) is 12.4 Å². The Labute approximate surface area is 137 Å². The van der Waals surface area contributed by atoms with E-state index in [1.54, 1.807) is 6.20 Å². The quantitative estimate of drug-likeness (QED) is 0.846. The topological polar surface area (TPSA) is 71.5 Å². The van der Waals surface area contributed by atoms with Crippen molar-refractivity contribution in [1.29, 1.82) is 0 Å². The van der Waals surface area contributed by atoms with Crippen molar-refractivity contribution in [2.45, 2.75) is 76.0 Å². The van der Waals surface area contributed by atoms with Crippen LogP contribution in [0.3, 0.4) is 0 Å². The van der Waals surface area contributed by atoms with Gasteiger partial charge in [0.25, 0.3) is 0 Å². The zero-order valence-corrected chi connectivity index (χ0v) is 13.6. The van der Waals surface area contributed by atoms with Crippen LogP contribution in [0, 0.1) is 0 Å². The fourth-order valence-corrected chi connectivity index (χ4v) is 3.59. The highest BCUT2D eigenvalue weighted by atomic mass is 16.5. The molecule has 2 saturated carbocycles. The van der Waals surface area contributed by atoms with Gasteiger partial charge < -0.3 is 15.2 Å². The second-order valence-electron chi connectivity index (χ2n) is 6.88. The zero-order valence-electron chi connectivity index (χ0n) is 13.6. The predicted octanol–water partition coefficient (Wildman–Crippen LogP) is 2.71. The maximum atomic E-state index is 12.1. The summed E-state index contributed by atoms with van der Waals surface area (Å²) >= 11 is 0. The van der Waals surface area contributed by atoms with E-state index in [1.807, 2.05) is 12.1 Å². The van der Waals surface area contributed by atoms with E-state index < -0.39 is 5.60 Å². The summed E-state index contributed by atoms with van der Waals surface area (Å²) in [5.74, 6) is 0.518. The van der Waals surface area contributed by atoms with Crippen molar-refractivity contribution in [1.82, 2.24) is 10.3 Å². The Morgan fingerprint density at radius 2 is 2.04 bits per heavy atom. The van der Waals surface area contributed by atoms with Crippen LogP contribution in [0.4, 0.5) is 0 Å². The van der Waals surface area contributed by atoms with Crippen LogP contribution < -0.4 is 10.1 Å². The fraction of sp³-hybridized carbons (Fsp3) is 0.667. The Morgan fingerprint density at radius 3 is 2.78 bits per heavy atom. The third-order valence-electron chi connectivity index (χ3n) is 4.93. The fourth-order valence-electron chi connectivity index (χ4n) is 3.59. The van der Waals surface area contributed by atoms with E-state index in [4.69, 9.17) is 4.74 Å². The largest absolute Gasteiger partial charge is 0.474 e. The molecule has 1 amide bonds. The molecule has 1 aromatic heterocycles. The van der Waals surface area contributed by atoms with Gasteiger partial charge in [-0.3, -0.25) is 4.79 Å². The van der Waals surface area contributed by atoms with Crippen LogP contribution in [0.2, 0.25) is 0 Å². The number of amides is 1. The Kier molecular flexibility index (Phi) is 5.16. The number of aromatic nitrogens is 1. The monoisotopic (exact) mass is 318 g/mol. The molecule has 2 aliphatic rings. The summed E-state index contributed by atoms with van der Waals surface area (Å²) in [7, 11) is 0. The molecular formula is C18H26N2O3. The minimum Gasteiger partial charge on any atom is -0.474 e. The van der Waals surface area contributed by atoms with E-state index in [0.717, 1.165) is 44.1 Å². The molecule has 0 bridgehead atoms. The Bertz CT molecular complexity index is 535. The summed E-state index contributed by atoms with van der Waals surface area (Å²) < 4.78 is 5.98. The molecule has 0 atom stereocenters. The van der Waals surface area contributed by atoms with Gasteiger partial charge in [0.2, 0.25) is 11.8 Å². The van der Waals surface area contributed by atoms with Crippen molar-refractivity contribution in [3.63, 3.8) is 0 Å². The summed E-state index contributed by atoms with van der Waals surface area (Å²) in [5, 5.41) is 13.2. The van der Waals surface area contributed by atoms with Crippen LogP contribution in [-0.2, 0) is 11.3 Å². The Hall–Kier alpha value is -1.62. The van der Waals surface area contributed by atoms with E-state index >= 15 is 0 Å². The third-order valence-corrected chi connectivity index (χ3v) is 4.93. The van der Waals surface area contributed by atoms with Crippen molar-refractivity contribution in [3.05, 3.63) is 23.9 Å². The lowest BCUT2D eigenvalue weighted by atomic mass is 9.97. The van der Waals surface area contributed by atoms with Gasteiger partial charge >= 0.3 is 0 Å². The van der Waals surface area contributed by atoms with Crippen molar-refractivity contribution in [2.24, 2.45) is 0 Å². The van der Waals surface area contributed by atoms with Gasteiger partial charge in [-0.05, 0) is 44.6 Å². The number of hydrogen-bond donors (Lipinski definition) is 2. The van der Waals surface area contributed by atoms with Gasteiger partial charge in [0.1, 0.15) is 6.10 Å². The van der Waals surface area contributed by atoms with Crippen molar-refractivity contribution < 1.29 is 14.6 Å². The van der Waals surface area contributed by atoms with Crippen molar-refractivity contribution in [2.75, 3.05) is 0 Å². The zero-order chi connectivity index (χ0) is 16.1. The lowest BCUT2D eigenvalue weighted by molar-refractivity contribution is -0.126. The number of rotatable bonds is 6. The molecule has 1 heterocycles. The number of carbonyl (C=O) groups is 1. The van der Waals surface area contributed by atoms with Crippen molar-refractivity contribution >= 4 is 5.91 Å². The Balaban J connectivity index is 1.54. The number of aliphatic hydroxyl groups is 1. The van der Waals surface area contributed by atoms with E-state index in [-0.39, 0.29) is 18.4 Å². The maximum Gasteiger partial charge on any atom is 0.223 e. The van der Waals surface area contributed by atoms with Gasteiger partial charge in [-0.25, -0.2) is 4.98 Å². The minimum atomic E-state index is -0.803. The second kappa shape index (κ2) is 7.30. The van der Waals surface area contributed by atoms with E-state index in [1.165, 1.54) is 12.8 Å². The molecule has 0 aromatic carbocycles. The smallest absolute Gasteiger partial charge is 0.223 e. The second-order valence-corrected chi connectivity index (χ2v) is 6.88. The molecule has 23 heavy (non-hydrogen) atoms. The molecule has 5 heteroatoms. The van der Waals surface area contributed by atoms with E-state index in [2.05, 4.69) is 10.3 Å². The molecule has 0 radical (unpaired) electrons. The predicted molar refractivity (Wildman–Crippen MR) is 87.0 cm³/mol. The summed E-state index contributed by atoms with van der Waals surface area (Å²) in [4.78, 5) is 16.4. The van der Waals surface area contributed by atoms with Crippen LogP contribution >= 0.6 is 0 Å². The third kappa shape index (κ3) is 4.44. The molecule has 3 rings (SSSR count). The molecule has 2 N–H and O–H groups in total. The molecule has 126 valence electrons. The highest BCUT2D eigenvalue weighted by molar-refractivity contribution is 5.77. The molecular weight excluding hydrogens is 292 g/mol. The lowest BCUT2D eigenvalue weighted by Gasteiger charge is -2.21. The van der Waals surface area contributed by atoms with Crippen molar-refractivity contribution in [3.8, 4) is 5.88 Å². The average Bonchev–Trinajstić information content (AvgIpc) is 3.18. The molecule has 0 aliphatic heterocycles. The number of pyridine rings is 1. The number of hydrogen-bond acceptors (Lipinski definition) is 4. The van der Waals surface area contributed by atoms with Crippen LogP contribution in [0.25, 0.3) is 0 Å². The molecule has 5 nitrogen and oxygen atoms in total. The standard InChI is InChI=1S/C18H26N2O3/c21-16(12-18(22)9-3-4-10-18)20-13-14-6-5-11-19-17(14)23-15-7-1-2-8-15/h5-6,11,15,22H,1-4,7-10,12-13H2,(H,20,21). The molecule has 1 aromatic rings. The highest BCUT2D eigenvalue weighted by Gasteiger charge is 2.33. The van der Waals surface area contributed by atoms with Crippen LogP contribution in [0.5, 0.6) is 5.88 Å². The molecule has 0 spiro atoms. The van der Waals surface area contributed by atoms with Crippen LogP contribution in [-0.4, -0.2) is 27.7 Å². The number of nitrogens with zero attached hydrogens (tertiary/aromatic N) is 1.